The lowest BCUT2D eigenvalue weighted by atomic mass is 10.2. The number of benzene rings is 1. The van der Waals surface area contributed by atoms with Gasteiger partial charge >= 0.3 is 6.18 Å². The van der Waals surface area contributed by atoms with E-state index < -0.39 is 11.7 Å². The van der Waals surface area contributed by atoms with Gasteiger partial charge in [0, 0.05) is 13.6 Å². The van der Waals surface area contributed by atoms with Gasteiger partial charge < -0.3 is 14.6 Å². The molecule has 1 aliphatic heterocycles. The van der Waals surface area contributed by atoms with Crippen molar-refractivity contribution in [1.82, 2.24) is 14.9 Å². The fourth-order valence-electron chi connectivity index (χ4n) is 2.44. The summed E-state index contributed by atoms with van der Waals surface area (Å²) in [5.74, 6) is 0.694. The number of alkyl halides is 3. The highest BCUT2D eigenvalue weighted by Gasteiger charge is 2.31. The van der Waals surface area contributed by atoms with Crippen LogP contribution in [0.1, 0.15) is 17.4 Å². The molecule has 1 atom stereocenters. The maximum absolute atomic E-state index is 12.7. The molecule has 0 amide bonds. The number of nitrogens with one attached hydrogen (secondary N) is 1. The quantitative estimate of drug-likeness (QED) is 0.873. The molecule has 1 aliphatic rings. The number of rotatable bonds is 1. The van der Waals surface area contributed by atoms with E-state index in [-0.39, 0.29) is 6.04 Å². The van der Waals surface area contributed by atoms with Crippen LogP contribution < -0.4 is 5.32 Å². The summed E-state index contributed by atoms with van der Waals surface area (Å²) in [4.78, 5) is 4.33. The Labute approximate surface area is 113 Å². The van der Waals surface area contributed by atoms with Crippen LogP contribution in [0.2, 0.25) is 0 Å². The fraction of sp³-hybridized carbons (Fsp3) is 0.462. The molecule has 1 unspecified atom stereocenters. The van der Waals surface area contributed by atoms with Crippen LogP contribution in [0.15, 0.2) is 18.2 Å². The summed E-state index contributed by atoms with van der Waals surface area (Å²) in [7, 11) is 1.80. The average Bonchev–Trinajstić information content (AvgIpc) is 2.76. The number of imidazole rings is 1. The van der Waals surface area contributed by atoms with Crippen molar-refractivity contribution in [3.63, 3.8) is 0 Å². The van der Waals surface area contributed by atoms with E-state index in [1.165, 1.54) is 6.07 Å². The van der Waals surface area contributed by atoms with E-state index in [9.17, 15) is 13.2 Å². The molecule has 0 radical (unpaired) electrons. The summed E-state index contributed by atoms with van der Waals surface area (Å²) in [6.45, 7) is 1.82. The average molecular weight is 285 g/mol. The van der Waals surface area contributed by atoms with Gasteiger partial charge in [-0.15, -0.1) is 0 Å². The van der Waals surface area contributed by atoms with Crippen molar-refractivity contribution in [2.45, 2.75) is 12.2 Å². The van der Waals surface area contributed by atoms with Crippen molar-refractivity contribution in [3.8, 4) is 0 Å². The van der Waals surface area contributed by atoms with E-state index in [0.29, 0.717) is 36.6 Å². The van der Waals surface area contributed by atoms with Gasteiger partial charge in [0.1, 0.15) is 5.82 Å². The van der Waals surface area contributed by atoms with Crippen molar-refractivity contribution < 1.29 is 17.9 Å². The second kappa shape index (κ2) is 4.75. The molecule has 0 aliphatic carbocycles. The van der Waals surface area contributed by atoms with Crippen LogP contribution >= 0.6 is 0 Å². The second-order valence-corrected chi connectivity index (χ2v) is 4.81. The third kappa shape index (κ3) is 2.27. The molecular weight excluding hydrogens is 271 g/mol. The summed E-state index contributed by atoms with van der Waals surface area (Å²) in [6.07, 6.45) is -4.35. The Hall–Kier alpha value is -1.60. The summed E-state index contributed by atoms with van der Waals surface area (Å²) in [5.41, 5.74) is 0.354. The first-order valence-electron chi connectivity index (χ1n) is 6.31. The molecule has 1 fully saturated rings. The lowest BCUT2D eigenvalue weighted by Crippen LogP contribution is -2.36. The molecule has 3 rings (SSSR count). The van der Waals surface area contributed by atoms with Crippen molar-refractivity contribution in [2.75, 3.05) is 19.8 Å². The zero-order chi connectivity index (χ0) is 14.3. The number of hydrogen-bond acceptors (Lipinski definition) is 3. The minimum absolute atomic E-state index is 0.0875. The molecule has 7 heteroatoms. The monoisotopic (exact) mass is 285 g/mol. The van der Waals surface area contributed by atoms with E-state index >= 15 is 0 Å². The van der Waals surface area contributed by atoms with Crippen molar-refractivity contribution in [2.24, 2.45) is 7.05 Å². The van der Waals surface area contributed by atoms with Gasteiger partial charge in [0.2, 0.25) is 0 Å². The number of hydrogen-bond donors (Lipinski definition) is 1. The molecule has 0 spiro atoms. The largest absolute Gasteiger partial charge is 0.416 e. The predicted octanol–water partition coefficient (Wildman–Crippen LogP) is 2.25. The normalized spacial score (nSPS) is 20.5. The Kier molecular flexibility index (Phi) is 3.18. The minimum Gasteiger partial charge on any atom is -0.378 e. The zero-order valence-corrected chi connectivity index (χ0v) is 10.9. The molecule has 20 heavy (non-hydrogen) atoms. The molecule has 1 aromatic heterocycles. The number of nitrogens with zero attached hydrogens (tertiary/aromatic N) is 2. The predicted molar refractivity (Wildman–Crippen MR) is 67.3 cm³/mol. The molecule has 1 saturated heterocycles. The van der Waals surface area contributed by atoms with Gasteiger partial charge in [-0.1, -0.05) is 0 Å². The first-order chi connectivity index (χ1) is 9.47. The number of aromatic nitrogens is 2. The second-order valence-electron chi connectivity index (χ2n) is 4.81. The number of fused-ring (bicyclic) bond motifs is 1. The summed E-state index contributed by atoms with van der Waals surface area (Å²) >= 11 is 0. The Morgan fingerprint density at radius 3 is 2.85 bits per heavy atom. The molecule has 2 heterocycles. The molecule has 2 aromatic rings. The van der Waals surface area contributed by atoms with E-state index in [2.05, 4.69) is 10.3 Å². The molecule has 0 saturated carbocycles. The van der Waals surface area contributed by atoms with Crippen molar-refractivity contribution >= 4 is 11.0 Å². The Balaban J connectivity index is 2.04. The van der Waals surface area contributed by atoms with Gasteiger partial charge in [-0.2, -0.15) is 13.2 Å². The lowest BCUT2D eigenvalue weighted by molar-refractivity contribution is -0.137. The van der Waals surface area contributed by atoms with Gasteiger partial charge in [0.05, 0.1) is 35.9 Å². The van der Waals surface area contributed by atoms with Gasteiger partial charge in [0.25, 0.3) is 0 Å². The summed E-state index contributed by atoms with van der Waals surface area (Å²) < 4.78 is 45.3. The maximum atomic E-state index is 12.7. The highest BCUT2D eigenvalue weighted by Crippen LogP contribution is 2.32. The fourth-order valence-corrected chi connectivity index (χ4v) is 2.44. The number of aryl methyl sites for hydroxylation is 1. The number of morpholine rings is 1. The zero-order valence-electron chi connectivity index (χ0n) is 10.9. The van der Waals surface area contributed by atoms with Gasteiger partial charge in [-0.3, -0.25) is 0 Å². The Bertz CT molecular complexity index is 630. The van der Waals surface area contributed by atoms with E-state index in [1.807, 2.05) is 4.57 Å². The lowest BCUT2D eigenvalue weighted by Gasteiger charge is -2.23. The third-order valence-electron chi connectivity index (χ3n) is 3.48. The molecule has 0 bridgehead atoms. The SMILES string of the molecule is Cn1c(C2COCCN2)nc2cc(C(F)(F)F)ccc21. The van der Waals surface area contributed by atoms with Crippen LogP contribution in [0.4, 0.5) is 13.2 Å². The molecule has 4 nitrogen and oxygen atoms in total. The Morgan fingerprint density at radius 2 is 2.20 bits per heavy atom. The smallest absolute Gasteiger partial charge is 0.378 e. The highest BCUT2D eigenvalue weighted by molar-refractivity contribution is 5.77. The van der Waals surface area contributed by atoms with Crippen LogP contribution in [0.25, 0.3) is 11.0 Å². The minimum atomic E-state index is -4.35. The number of halogens is 3. The topological polar surface area (TPSA) is 39.1 Å². The first-order valence-corrected chi connectivity index (χ1v) is 6.31. The van der Waals surface area contributed by atoms with Crippen molar-refractivity contribution in [1.29, 1.82) is 0 Å². The van der Waals surface area contributed by atoms with Gasteiger partial charge in [-0.05, 0) is 18.2 Å². The molecule has 108 valence electrons. The number of ether oxygens (including phenoxy) is 1. The molecular formula is C13H14F3N3O. The van der Waals surface area contributed by atoms with Crippen LogP contribution in [-0.4, -0.2) is 29.3 Å². The van der Waals surface area contributed by atoms with Crippen LogP contribution in [0.3, 0.4) is 0 Å². The van der Waals surface area contributed by atoms with E-state index in [4.69, 9.17) is 4.74 Å². The van der Waals surface area contributed by atoms with E-state index in [1.54, 1.807) is 7.05 Å². The van der Waals surface area contributed by atoms with Crippen molar-refractivity contribution in [3.05, 3.63) is 29.6 Å². The summed E-state index contributed by atoms with van der Waals surface area (Å²) in [5, 5.41) is 3.25. The van der Waals surface area contributed by atoms with Gasteiger partial charge in [-0.25, -0.2) is 4.98 Å². The molecule has 1 N–H and O–H groups in total. The molecule has 1 aromatic carbocycles. The third-order valence-corrected chi connectivity index (χ3v) is 3.48. The standard InChI is InChI=1S/C13H14F3N3O/c1-19-11-3-2-8(13(14,15)16)6-9(11)18-12(19)10-7-20-5-4-17-10/h2-3,6,10,17H,4-5,7H2,1H3. The Morgan fingerprint density at radius 1 is 1.40 bits per heavy atom. The highest BCUT2D eigenvalue weighted by atomic mass is 19.4. The maximum Gasteiger partial charge on any atom is 0.416 e. The van der Waals surface area contributed by atoms with Crippen LogP contribution in [-0.2, 0) is 18.0 Å². The van der Waals surface area contributed by atoms with E-state index in [0.717, 1.165) is 12.1 Å². The first kappa shape index (κ1) is 13.4. The van der Waals surface area contributed by atoms with Crippen LogP contribution in [0.5, 0.6) is 0 Å². The van der Waals surface area contributed by atoms with Gasteiger partial charge in [0.15, 0.2) is 0 Å². The summed E-state index contributed by atoms with van der Waals surface area (Å²) in [6, 6.07) is 3.54. The van der Waals surface area contributed by atoms with Crippen LogP contribution in [0, 0.1) is 0 Å².